The number of anilines is 1. The predicted molar refractivity (Wildman–Crippen MR) is 125 cm³/mol. The van der Waals surface area contributed by atoms with Crippen LogP contribution < -0.4 is 9.64 Å². The number of carbonyl (C=O) groups is 2. The molecule has 1 heterocycles. The maximum absolute atomic E-state index is 13.2. The van der Waals surface area contributed by atoms with Gasteiger partial charge in [0.1, 0.15) is 5.75 Å². The first-order chi connectivity index (χ1) is 16.1. The molecule has 33 heavy (non-hydrogen) atoms. The number of carbonyl (C=O) groups excluding carboxylic acids is 2. The second kappa shape index (κ2) is 9.77. The van der Waals surface area contributed by atoms with Crippen molar-refractivity contribution in [1.82, 2.24) is 0 Å². The Bertz CT molecular complexity index is 1020. The van der Waals surface area contributed by atoms with E-state index in [9.17, 15) is 9.59 Å². The topological polar surface area (TPSA) is 65.1 Å². The summed E-state index contributed by atoms with van der Waals surface area (Å²) in [5.41, 5.74) is 2.69. The Morgan fingerprint density at radius 1 is 0.636 bits per heavy atom. The first-order valence-corrected chi connectivity index (χ1v) is 10.8. The third-order valence-electron chi connectivity index (χ3n) is 6.27. The predicted octanol–water partition coefficient (Wildman–Crippen LogP) is 4.58. The minimum absolute atomic E-state index is 0.443. The molecule has 1 fully saturated rings. The third kappa shape index (κ3) is 4.16. The summed E-state index contributed by atoms with van der Waals surface area (Å²) in [4.78, 5) is 28.5. The second-order valence-electron chi connectivity index (χ2n) is 7.91. The van der Waals surface area contributed by atoms with Gasteiger partial charge in [-0.15, -0.1) is 0 Å². The van der Waals surface area contributed by atoms with Gasteiger partial charge < -0.3 is 19.1 Å². The zero-order valence-corrected chi connectivity index (χ0v) is 18.9. The summed E-state index contributed by atoms with van der Waals surface area (Å²) in [6.45, 7) is 0. The van der Waals surface area contributed by atoms with Gasteiger partial charge in [0.15, 0.2) is 0 Å². The Balaban J connectivity index is 1.98. The van der Waals surface area contributed by atoms with Gasteiger partial charge in [0.2, 0.25) is 0 Å². The molecule has 4 rings (SSSR count). The highest BCUT2D eigenvalue weighted by molar-refractivity contribution is 5.86. The Morgan fingerprint density at radius 2 is 1.06 bits per heavy atom. The number of methoxy groups -OCH3 is 3. The lowest BCUT2D eigenvalue weighted by molar-refractivity contribution is -0.157. The highest BCUT2D eigenvalue weighted by atomic mass is 16.5. The van der Waals surface area contributed by atoms with Gasteiger partial charge in [-0.05, 0) is 35.4 Å². The zero-order chi connectivity index (χ0) is 23.4. The van der Waals surface area contributed by atoms with E-state index in [0.29, 0.717) is 0 Å². The van der Waals surface area contributed by atoms with Crippen LogP contribution in [0.3, 0.4) is 0 Å². The molecule has 6 heteroatoms. The van der Waals surface area contributed by atoms with Crippen molar-refractivity contribution in [3.05, 3.63) is 96.1 Å². The summed E-state index contributed by atoms with van der Waals surface area (Å²) in [6, 6.07) is 26.2. The molecule has 6 nitrogen and oxygen atoms in total. The third-order valence-corrected chi connectivity index (χ3v) is 6.27. The van der Waals surface area contributed by atoms with E-state index in [1.807, 2.05) is 84.9 Å². The van der Waals surface area contributed by atoms with Crippen LogP contribution in [0.1, 0.15) is 23.2 Å². The number of rotatable bonds is 6. The van der Waals surface area contributed by atoms with Crippen LogP contribution >= 0.6 is 0 Å². The van der Waals surface area contributed by atoms with Crippen LogP contribution in [-0.2, 0) is 19.1 Å². The number of nitrogens with zero attached hydrogens (tertiary/aromatic N) is 1. The molecule has 1 saturated heterocycles. The minimum Gasteiger partial charge on any atom is -0.497 e. The van der Waals surface area contributed by atoms with E-state index >= 15 is 0 Å². The fourth-order valence-electron chi connectivity index (χ4n) is 4.85. The molecule has 0 saturated carbocycles. The van der Waals surface area contributed by atoms with Crippen molar-refractivity contribution in [1.29, 1.82) is 0 Å². The highest BCUT2D eigenvalue weighted by Crippen LogP contribution is 2.54. The van der Waals surface area contributed by atoms with E-state index in [-0.39, 0.29) is 0 Å². The van der Waals surface area contributed by atoms with Crippen LogP contribution in [0.5, 0.6) is 5.75 Å². The Kier molecular flexibility index (Phi) is 6.63. The van der Waals surface area contributed by atoms with E-state index in [2.05, 4.69) is 4.90 Å². The molecule has 3 aromatic rings. The summed E-state index contributed by atoms with van der Waals surface area (Å²) in [5, 5.41) is 0. The quantitative estimate of drug-likeness (QED) is 0.518. The molecule has 4 atom stereocenters. The smallest absolute Gasteiger partial charge is 0.312 e. The molecule has 0 bridgehead atoms. The SMILES string of the molecule is COC(=O)[C@@H]1[C@@H](C(=O)OC)[C@@H](c2ccccc2)N(c2ccc(OC)cc2)[C@@H]1c1ccccc1. The number of hydrogen-bond acceptors (Lipinski definition) is 6. The molecular formula is C27H27NO5. The summed E-state index contributed by atoms with van der Waals surface area (Å²) in [7, 11) is 4.32. The van der Waals surface area contributed by atoms with Crippen LogP contribution in [0.4, 0.5) is 5.69 Å². The van der Waals surface area contributed by atoms with E-state index in [0.717, 1.165) is 22.6 Å². The molecule has 0 aromatic heterocycles. The van der Waals surface area contributed by atoms with Gasteiger partial charge in [-0.1, -0.05) is 60.7 Å². The standard InChI is InChI=1S/C27H27NO5/c1-31-21-16-14-20(15-17-21)28-24(18-10-6-4-7-11-18)22(26(29)32-2)23(27(30)33-3)25(28)19-12-8-5-9-13-19/h4-17,22-25H,1-3H3/t22-,23-,24-,25-/m1/s1. The first-order valence-electron chi connectivity index (χ1n) is 10.8. The van der Waals surface area contributed by atoms with Crippen LogP contribution in [0.15, 0.2) is 84.9 Å². The largest absolute Gasteiger partial charge is 0.497 e. The number of esters is 2. The number of ether oxygens (including phenoxy) is 3. The van der Waals surface area contributed by atoms with Crippen molar-refractivity contribution in [3.63, 3.8) is 0 Å². The van der Waals surface area contributed by atoms with Crippen LogP contribution in [-0.4, -0.2) is 33.3 Å². The van der Waals surface area contributed by atoms with Gasteiger partial charge in [-0.25, -0.2) is 0 Å². The van der Waals surface area contributed by atoms with E-state index in [1.165, 1.54) is 14.2 Å². The van der Waals surface area contributed by atoms with Gasteiger partial charge >= 0.3 is 11.9 Å². The summed E-state index contributed by atoms with van der Waals surface area (Å²) < 4.78 is 15.8. The Morgan fingerprint density at radius 3 is 1.42 bits per heavy atom. The first kappa shape index (κ1) is 22.4. The number of hydrogen-bond donors (Lipinski definition) is 0. The molecule has 3 aromatic carbocycles. The molecule has 1 aliphatic rings. The lowest BCUT2D eigenvalue weighted by Crippen LogP contribution is -2.32. The number of benzene rings is 3. The van der Waals surface area contributed by atoms with E-state index in [1.54, 1.807) is 7.11 Å². The van der Waals surface area contributed by atoms with Crippen molar-refractivity contribution in [3.8, 4) is 5.75 Å². The molecule has 170 valence electrons. The molecule has 0 N–H and O–H groups in total. The Hall–Kier alpha value is -3.80. The lowest BCUT2D eigenvalue weighted by Gasteiger charge is -2.34. The van der Waals surface area contributed by atoms with Gasteiger partial charge in [0, 0.05) is 5.69 Å². The van der Waals surface area contributed by atoms with Crippen molar-refractivity contribution in [2.45, 2.75) is 12.1 Å². The maximum atomic E-state index is 13.2. The van der Waals surface area contributed by atoms with Gasteiger partial charge in [0.25, 0.3) is 0 Å². The molecule has 0 radical (unpaired) electrons. The van der Waals surface area contributed by atoms with Crippen LogP contribution in [0.2, 0.25) is 0 Å². The average Bonchev–Trinajstić information content (AvgIpc) is 3.25. The van der Waals surface area contributed by atoms with E-state index in [4.69, 9.17) is 14.2 Å². The van der Waals surface area contributed by atoms with Gasteiger partial charge in [-0.2, -0.15) is 0 Å². The van der Waals surface area contributed by atoms with Gasteiger partial charge in [-0.3, -0.25) is 9.59 Å². The van der Waals surface area contributed by atoms with Crippen molar-refractivity contribution in [2.75, 3.05) is 26.2 Å². The lowest BCUT2D eigenvalue weighted by atomic mass is 9.82. The summed E-state index contributed by atoms with van der Waals surface area (Å²) in [5.74, 6) is -1.71. The van der Waals surface area contributed by atoms with Crippen LogP contribution in [0, 0.1) is 11.8 Å². The minimum atomic E-state index is -0.767. The zero-order valence-electron chi connectivity index (χ0n) is 18.9. The maximum Gasteiger partial charge on any atom is 0.312 e. The van der Waals surface area contributed by atoms with E-state index < -0.39 is 35.9 Å². The van der Waals surface area contributed by atoms with Crippen molar-refractivity contribution < 1.29 is 23.8 Å². The van der Waals surface area contributed by atoms with Crippen molar-refractivity contribution in [2.24, 2.45) is 11.8 Å². The normalized spacial score (nSPS) is 22.0. The molecular weight excluding hydrogens is 418 g/mol. The second-order valence-corrected chi connectivity index (χ2v) is 7.91. The fraction of sp³-hybridized carbons (Fsp3) is 0.259. The monoisotopic (exact) mass is 445 g/mol. The van der Waals surface area contributed by atoms with Crippen molar-refractivity contribution >= 4 is 17.6 Å². The average molecular weight is 446 g/mol. The Labute approximate surface area is 193 Å². The van der Waals surface area contributed by atoms with Crippen LogP contribution in [0.25, 0.3) is 0 Å². The molecule has 1 aliphatic heterocycles. The summed E-state index contributed by atoms with van der Waals surface area (Å²) in [6.07, 6.45) is 0. The molecule has 0 aliphatic carbocycles. The molecule has 0 spiro atoms. The fourth-order valence-corrected chi connectivity index (χ4v) is 4.85. The highest BCUT2D eigenvalue weighted by Gasteiger charge is 2.57. The van der Waals surface area contributed by atoms with Gasteiger partial charge in [0.05, 0.1) is 45.2 Å². The molecule has 0 unspecified atom stereocenters. The molecule has 0 amide bonds. The summed E-state index contributed by atoms with van der Waals surface area (Å²) >= 11 is 0.